The summed E-state index contributed by atoms with van der Waals surface area (Å²) in [6.45, 7) is 4.73. The van der Waals surface area contributed by atoms with Crippen molar-refractivity contribution in [2.45, 2.75) is 19.9 Å². The van der Waals surface area contributed by atoms with Crippen LogP contribution in [0.5, 0.6) is 5.75 Å². The van der Waals surface area contributed by atoms with Gasteiger partial charge in [-0.05, 0) is 43.3 Å². The molecule has 2 rings (SSSR count). The van der Waals surface area contributed by atoms with Crippen LogP contribution in [0.2, 0.25) is 0 Å². The van der Waals surface area contributed by atoms with E-state index in [1.165, 1.54) is 13.2 Å². The highest BCUT2D eigenvalue weighted by molar-refractivity contribution is 5.35. The van der Waals surface area contributed by atoms with Crippen LogP contribution in [0.15, 0.2) is 36.4 Å². The Kier molecular flexibility index (Phi) is 4.69. The molecule has 1 unspecified atom stereocenters. The Labute approximate surface area is 118 Å². The molecule has 0 bridgehead atoms. The minimum atomic E-state index is -0.361. The van der Waals surface area contributed by atoms with Gasteiger partial charge in [0.05, 0.1) is 18.8 Å². The number of pyridine rings is 1. The number of ether oxygens (including phenoxy) is 1. The van der Waals surface area contributed by atoms with Crippen molar-refractivity contribution in [1.29, 1.82) is 0 Å². The lowest BCUT2D eigenvalue weighted by Gasteiger charge is -2.19. The maximum absolute atomic E-state index is 13.9. The number of methoxy groups -OCH3 is 1. The van der Waals surface area contributed by atoms with E-state index in [1.807, 2.05) is 38.1 Å². The number of hydrogen-bond donors (Lipinski definition) is 1. The van der Waals surface area contributed by atoms with Gasteiger partial charge < -0.3 is 10.1 Å². The summed E-state index contributed by atoms with van der Waals surface area (Å²) in [5.41, 5.74) is 2.67. The van der Waals surface area contributed by atoms with E-state index >= 15 is 0 Å². The van der Waals surface area contributed by atoms with Crippen LogP contribution in [0, 0.1) is 12.7 Å². The number of aromatic nitrogens is 1. The average molecular weight is 274 g/mol. The van der Waals surface area contributed by atoms with Gasteiger partial charge in [0.15, 0.2) is 11.6 Å². The van der Waals surface area contributed by atoms with Crippen molar-refractivity contribution in [2.75, 3.05) is 13.7 Å². The molecule has 0 saturated heterocycles. The first-order chi connectivity index (χ1) is 9.65. The first kappa shape index (κ1) is 14.5. The Balaban J connectivity index is 2.40. The fourth-order valence-electron chi connectivity index (χ4n) is 2.18. The smallest absolute Gasteiger partial charge is 0.165 e. The molecule has 1 atom stereocenters. The van der Waals surface area contributed by atoms with Crippen molar-refractivity contribution < 1.29 is 9.13 Å². The van der Waals surface area contributed by atoms with Gasteiger partial charge in [-0.3, -0.25) is 4.98 Å². The van der Waals surface area contributed by atoms with Gasteiger partial charge in [0, 0.05) is 5.69 Å². The molecule has 2 aromatic rings. The third kappa shape index (κ3) is 3.14. The monoisotopic (exact) mass is 274 g/mol. The van der Waals surface area contributed by atoms with Crippen molar-refractivity contribution in [2.24, 2.45) is 0 Å². The molecule has 1 aromatic heterocycles. The van der Waals surface area contributed by atoms with Crippen LogP contribution in [-0.2, 0) is 0 Å². The van der Waals surface area contributed by atoms with E-state index in [1.54, 1.807) is 6.07 Å². The van der Waals surface area contributed by atoms with Crippen LogP contribution in [0.3, 0.4) is 0 Å². The molecule has 4 heteroatoms. The zero-order chi connectivity index (χ0) is 14.5. The molecule has 0 aliphatic carbocycles. The van der Waals surface area contributed by atoms with Crippen LogP contribution in [0.4, 0.5) is 4.39 Å². The van der Waals surface area contributed by atoms with Gasteiger partial charge in [-0.1, -0.05) is 19.1 Å². The highest BCUT2D eigenvalue weighted by Crippen LogP contribution is 2.25. The van der Waals surface area contributed by atoms with E-state index in [-0.39, 0.29) is 17.6 Å². The quantitative estimate of drug-likeness (QED) is 0.909. The lowest BCUT2D eigenvalue weighted by molar-refractivity contribution is 0.385. The Hall–Kier alpha value is -1.94. The summed E-state index contributed by atoms with van der Waals surface area (Å²) in [7, 11) is 1.46. The molecule has 0 aliphatic rings. The molecule has 0 fully saturated rings. The number of aryl methyl sites for hydroxylation is 1. The van der Waals surface area contributed by atoms with Crippen molar-refractivity contribution in [3.05, 3.63) is 59.2 Å². The topological polar surface area (TPSA) is 34.1 Å². The Morgan fingerprint density at radius 2 is 2.10 bits per heavy atom. The predicted molar refractivity (Wildman–Crippen MR) is 77.4 cm³/mol. The summed E-state index contributed by atoms with van der Waals surface area (Å²) in [6, 6.07) is 10.7. The second-order valence-corrected chi connectivity index (χ2v) is 4.59. The summed E-state index contributed by atoms with van der Waals surface area (Å²) in [6.07, 6.45) is 0. The van der Waals surface area contributed by atoms with E-state index in [2.05, 4.69) is 10.3 Å². The molecule has 0 amide bonds. The lowest BCUT2D eigenvalue weighted by atomic mass is 10.0. The molecule has 1 heterocycles. The SMILES string of the molecule is CCNC(c1ccc(OC)c(F)c1)c1cccc(C)n1. The minimum Gasteiger partial charge on any atom is -0.494 e. The molecular formula is C16H19FN2O. The summed E-state index contributed by atoms with van der Waals surface area (Å²) in [5.74, 6) is -0.109. The van der Waals surface area contributed by atoms with Gasteiger partial charge in [0.1, 0.15) is 0 Å². The molecule has 20 heavy (non-hydrogen) atoms. The van der Waals surface area contributed by atoms with E-state index in [0.717, 1.165) is 23.5 Å². The fourth-order valence-corrected chi connectivity index (χ4v) is 2.18. The zero-order valence-electron chi connectivity index (χ0n) is 12.0. The third-order valence-electron chi connectivity index (χ3n) is 3.12. The number of hydrogen-bond acceptors (Lipinski definition) is 3. The van der Waals surface area contributed by atoms with Crippen LogP contribution in [0.25, 0.3) is 0 Å². The summed E-state index contributed by atoms with van der Waals surface area (Å²) in [5, 5.41) is 3.34. The van der Waals surface area contributed by atoms with E-state index in [9.17, 15) is 4.39 Å². The van der Waals surface area contributed by atoms with E-state index in [4.69, 9.17) is 4.74 Å². The highest BCUT2D eigenvalue weighted by Gasteiger charge is 2.16. The minimum absolute atomic E-state index is 0.125. The molecule has 0 saturated carbocycles. The molecule has 1 N–H and O–H groups in total. The van der Waals surface area contributed by atoms with Crippen molar-refractivity contribution in [3.8, 4) is 5.75 Å². The average Bonchev–Trinajstić information content (AvgIpc) is 2.44. The molecular weight excluding hydrogens is 255 g/mol. The van der Waals surface area contributed by atoms with Gasteiger partial charge >= 0.3 is 0 Å². The third-order valence-corrected chi connectivity index (χ3v) is 3.12. The predicted octanol–water partition coefficient (Wildman–Crippen LogP) is 3.24. The summed E-state index contributed by atoms with van der Waals surface area (Å²) >= 11 is 0. The molecule has 0 spiro atoms. The Morgan fingerprint density at radius 1 is 1.30 bits per heavy atom. The number of halogens is 1. The van der Waals surface area contributed by atoms with Crippen LogP contribution in [0.1, 0.15) is 29.9 Å². The second-order valence-electron chi connectivity index (χ2n) is 4.59. The first-order valence-electron chi connectivity index (χ1n) is 6.66. The van der Waals surface area contributed by atoms with Gasteiger partial charge in [-0.25, -0.2) is 4.39 Å². The van der Waals surface area contributed by atoms with Gasteiger partial charge in [0.2, 0.25) is 0 Å². The largest absolute Gasteiger partial charge is 0.494 e. The van der Waals surface area contributed by atoms with Crippen LogP contribution in [-0.4, -0.2) is 18.6 Å². The standard InChI is InChI=1S/C16H19FN2O/c1-4-18-16(14-7-5-6-11(2)19-14)12-8-9-15(20-3)13(17)10-12/h5-10,16,18H,4H2,1-3H3. The summed E-state index contributed by atoms with van der Waals surface area (Å²) < 4.78 is 18.8. The van der Waals surface area contributed by atoms with Crippen molar-refractivity contribution >= 4 is 0 Å². The molecule has 0 aliphatic heterocycles. The Bertz CT molecular complexity index is 586. The first-order valence-corrected chi connectivity index (χ1v) is 6.66. The lowest BCUT2D eigenvalue weighted by Crippen LogP contribution is -2.23. The van der Waals surface area contributed by atoms with Gasteiger partial charge in [0.25, 0.3) is 0 Å². The maximum Gasteiger partial charge on any atom is 0.165 e. The van der Waals surface area contributed by atoms with Crippen LogP contribution >= 0.6 is 0 Å². The molecule has 3 nitrogen and oxygen atoms in total. The van der Waals surface area contributed by atoms with Crippen molar-refractivity contribution in [3.63, 3.8) is 0 Å². The highest BCUT2D eigenvalue weighted by atomic mass is 19.1. The number of benzene rings is 1. The number of nitrogens with one attached hydrogen (secondary N) is 1. The molecule has 106 valence electrons. The summed E-state index contributed by atoms with van der Waals surface area (Å²) in [4.78, 5) is 4.52. The number of rotatable bonds is 5. The van der Waals surface area contributed by atoms with Gasteiger partial charge in [-0.15, -0.1) is 0 Å². The van der Waals surface area contributed by atoms with Crippen molar-refractivity contribution in [1.82, 2.24) is 10.3 Å². The Morgan fingerprint density at radius 3 is 2.70 bits per heavy atom. The van der Waals surface area contributed by atoms with Crippen LogP contribution < -0.4 is 10.1 Å². The van der Waals surface area contributed by atoms with Gasteiger partial charge in [-0.2, -0.15) is 0 Å². The second kappa shape index (κ2) is 6.48. The molecule has 1 aromatic carbocycles. The normalized spacial score (nSPS) is 12.2. The molecule has 0 radical (unpaired) electrons. The fraction of sp³-hybridized carbons (Fsp3) is 0.312. The van der Waals surface area contributed by atoms with E-state index < -0.39 is 0 Å². The maximum atomic E-state index is 13.9. The van der Waals surface area contributed by atoms with E-state index in [0.29, 0.717) is 0 Å². The zero-order valence-corrected chi connectivity index (χ0v) is 12.0. The number of nitrogens with zero attached hydrogens (tertiary/aromatic N) is 1.